The number of fused-ring (bicyclic) bond motifs is 11. The SMILES string of the molecule is c1ccc(-c2nc(-c3ccc(-c4cccc5ccccc45)cc3)cc(-c3ccc4c5ccccc5c5ccccc5c5ccccc5c5ccccc5c4c3)n2)nc1. The first-order valence-corrected chi connectivity index (χ1v) is 19.7. The molecule has 11 aromatic rings. The average molecular weight is 738 g/mol. The molecule has 0 aliphatic carbocycles. The molecular weight excluding hydrogens is 703 g/mol. The molecule has 3 heteroatoms. The summed E-state index contributed by atoms with van der Waals surface area (Å²) in [6.45, 7) is 0. The van der Waals surface area contributed by atoms with Gasteiger partial charge in [0.1, 0.15) is 5.69 Å². The number of aromatic nitrogens is 3. The lowest BCUT2D eigenvalue weighted by atomic mass is 9.93. The van der Waals surface area contributed by atoms with Crippen LogP contribution in [0.2, 0.25) is 0 Å². The van der Waals surface area contributed by atoms with E-state index in [1.165, 1.54) is 64.8 Å². The fourth-order valence-corrected chi connectivity index (χ4v) is 8.62. The van der Waals surface area contributed by atoms with Crippen molar-refractivity contribution in [3.63, 3.8) is 0 Å². The van der Waals surface area contributed by atoms with Crippen molar-refractivity contribution >= 4 is 64.6 Å². The van der Waals surface area contributed by atoms with Gasteiger partial charge in [-0.3, -0.25) is 4.98 Å². The molecule has 0 bridgehead atoms. The largest absolute Gasteiger partial charge is 0.253 e. The molecule has 0 N–H and O–H groups in total. The van der Waals surface area contributed by atoms with E-state index in [2.05, 4.69) is 193 Å². The van der Waals surface area contributed by atoms with E-state index < -0.39 is 0 Å². The maximum atomic E-state index is 5.22. The lowest BCUT2D eigenvalue weighted by Crippen LogP contribution is -1.97. The standard InChI is InChI=1S/C55H35N3/c1-2-16-40-36(14-1)15-13-25-41(40)37-27-29-38(30-28-37)53-35-54(58-55(57-53)52-26-11-12-33-56-52)39-31-32-50-48-23-8-7-21-46(48)44-19-4-3-17-42(44)43-18-5-6-20-45(43)47-22-9-10-24-49(47)51(50)34-39/h1-35H. The number of rotatable bonds is 4. The molecule has 2 aromatic heterocycles. The summed E-state index contributed by atoms with van der Waals surface area (Å²) in [6, 6.07) is 73.7. The van der Waals surface area contributed by atoms with E-state index in [0.29, 0.717) is 5.82 Å². The summed E-state index contributed by atoms with van der Waals surface area (Å²) in [5, 5.41) is 14.4. The van der Waals surface area contributed by atoms with Crippen molar-refractivity contribution in [3.05, 3.63) is 212 Å². The predicted molar refractivity (Wildman–Crippen MR) is 244 cm³/mol. The summed E-state index contributed by atoms with van der Waals surface area (Å²) >= 11 is 0. The Morgan fingerprint density at radius 3 is 1.24 bits per heavy atom. The Kier molecular flexibility index (Phi) is 8.15. The topological polar surface area (TPSA) is 38.7 Å². The number of hydrogen-bond acceptors (Lipinski definition) is 3. The molecule has 58 heavy (non-hydrogen) atoms. The Balaban J connectivity index is 1.17. The molecule has 0 atom stereocenters. The lowest BCUT2D eigenvalue weighted by molar-refractivity contribution is 1.15. The van der Waals surface area contributed by atoms with Crippen LogP contribution < -0.4 is 0 Å². The average Bonchev–Trinajstić information content (AvgIpc) is 3.31. The van der Waals surface area contributed by atoms with Crippen molar-refractivity contribution in [1.82, 2.24) is 15.0 Å². The first kappa shape index (κ1) is 33.6. The molecule has 270 valence electrons. The minimum absolute atomic E-state index is 0.586. The van der Waals surface area contributed by atoms with E-state index in [9.17, 15) is 0 Å². The molecule has 9 aromatic carbocycles. The summed E-state index contributed by atoms with van der Waals surface area (Å²) in [5.74, 6) is 0.586. The van der Waals surface area contributed by atoms with E-state index in [1.54, 1.807) is 6.20 Å². The molecule has 0 saturated heterocycles. The molecule has 0 unspecified atom stereocenters. The van der Waals surface area contributed by atoms with Crippen LogP contribution in [0.15, 0.2) is 212 Å². The first-order valence-electron chi connectivity index (χ1n) is 19.7. The molecule has 0 aliphatic rings. The van der Waals surface area contributed by atoms with Crippen LogP contribution in [0.1, 0.15) is 0 Å². The van der Waals surface area contributed by atoms with Crippen LogP contribution in [0, 0.1) is 0 Å². The van der Waals surface area contributed by atoms with Crippen molar-refractivity contribution in [2.75, 3.05) is 0 Å². The highest BCUT2D eigenvalue weighted by Gasteiger charge is 2.15. The van der Waals surface area contributed by atoms with Gasteiger partial charge in [0.05, 0.1) is 11.4 Å². The van der Waals surface area contributed by atoms with Gasteiger partial charge in [0.15, 0.2) is 5.82 Å². The van der Waals surface area contributed by atoms with Gasteiger partial charge in [-0.25, -0.2) is 9.97 Å². The number of nitrogens with zero attached hydrogens (tertiary/aromatic N) is 3. The van der Waals surface area contributed by atoms with Crippen LogP contribution in [-0.4, -0.2) is 15.0 Å². The molecule has 2 heterocycles. The highest BCUT2D eigenvalue weighted by atomic mass is 14.9. The number of hydrogen-bond donors (Lipinski definition) is 0. The van der Waals surface area contributed by atoms with Crippen molar-refractivity contribution in [3.8, 4) is 45.2 Å². The highest BCUT2D eigenvalue weighted by Crippen LogP contribution is 2.38. The van der Waals surface area contributed by atoms with Gasteiger partial charge in [-0.15, -0.1) is 0 Å². The van der Waals surface area contributed by atoms with E-state index >= 15 is 0 Å². The third-order valence-corrected chi connectivity index (χ3v) is 11.4. The minimum Gasteiger partial charge on any atom is -0.253 e. The summed E-state index contributed by atoms with van der Waals surface area (Å²) in [7, 11) is 0. The Morgan fingerprint density at radius 2 is 0.690 bits per heavy atom. The molecule has 3 nitrogen and oxygen atoms in total. The molecule has 0 radical (unpaired) electrons. The Morgan fingerprint density at radius 1 is 0.259 bits per heavy atom. The van der Waals surface area contributed by atoms with Crippen molar-refractivity contribution in [1.29, 1.82) is 0 Å². The summed E-state index contributed by atoms with van der Waals surface area (Å²) in [6.07, 6.45) is 1.80. The quantitative estimate of drug-likeness (QED) is 0.181. The van der Waals surface area contributed by atoms with Crippen LogP contribution >= 0.6 is 0 Å². The van der Waals surface area contributed by atoms with Crippen LogP contribution in [0.5, 0.6) is 0 Å². The molecule has 0 amide bonds. The maximum absolute atomic E-state index is 5.22. The smallest absolute Gasteiger partial charge is 0.179 e. The summed E-state index contributed by atoms with van der Waals surface area (Å²) in [4.78, 5) is 15.0. The van der Waals surface area contributed by atoms with Gasteiger partial charge < -0.3 is 0 Å². The Bertz CT molecular complexity index is 3360. The Hall–Kier alpha value is -7.75. The molecule has 0 saturated carbocycles. The highest BCUT2D eigenvalue weighted by molar-refractivity contribution is 6.26. The fraction of sp³-hybridized carbons (Fsp3) is 0. The van der Waals surface area contributed by atoms with E-state index in [4.69, 9.17) is 9.97 Å². The van der Waals surface area contributed by atoms with E-state index in [-0.39, 0.29) is 0 Å². The fourth-order valence-electron chi connectivity index (χ4n) is 8.62. The third-order valence-electron chi connectivity index (χ3n) is 11.4. The predicted octanol–water partition coefficient (Wildman–Crippen LogP) is 14.6. The van der Waals surface area contributed by atoms with Gasteiger partial charge in [0.2, 0.25) is 0 Å². The van der Waals surface area contributed by atoms with Gasteiger partial charge in [-0.05, 0) is 100 Å². The summed E-state index contributed by atoms with van der Waals surface area (Å²) in [5.41, 5.74) is 6.79. The van der Waals surface area contributed by atoms with Crippen LogP contribution in [0.3, 0.4) is 0 Å². The van der Waals surface area contributed by atoms with E-state index in [1.807, 2.05) is 18.2 Å². The van der Waals surface area contributed by atoms with Gasteiger partial charge in [0, 0.05) is 17.3 Å². The normalized spacial score (nSPS) is 11.4. The van der Waals surface area contributed by atoms with E-state index in [0.717, 1.165) is 39.2 Å². The van der Waals surface area contributed by atoms with Crippen molar-refractivity contribution < 1.29 is 0 Å². The molecule has 0 spiro atoms. The second-order valence-corrected chi connectivity index (χ2v) is 14.7. The number of pyridine rings is 1. The van der Waals surface area contributed by atoms with Crippen LogP contribution in [0.25, 0.3) is 110 Å². The Labute approximate surface area is 335 Å². The monoisotopic (exact) mass is 737 g/mol. The van der Waals surface area contributed by atoms with Gasteiger partial charge >= 0.3 is 0 Å². The maximum Gasteiger partial charge on any atom is 0.179 e. The zero-order valence-electron chi connectivity index (χ0n) is 31.5. The third kappa shape index (κ3) is 5.80. The molecule has 0 aliphatic heterocycles. The minimum atomic E-state index is 0.586. The molecule has 0 fully saturated rings. The van der Waals surface area contributed by atoms with Gasteiger partial charge in [-0.2, -0.15) is 0 Å². The second-order valence-electron chi connectivity index (χ2n) is 14.7. The summed E-state index contributed by atoms with van der Waals surface area (Å²) < 4.78 is 0. The second kappa shape index (κ2) is 14.1. The van der Waals surface area contributed by atoms with Crippen LogP contribution in [0.4, 0.5) is 0 Å². The number of benzene rings is 8. The zero-order valence-corrected chi connectivity index (χ0v) is 31.5. The molecular formula is C55H35N3. The lowest BCUT2D eigenvalue weighted by Gasteiger charge is -2.12. The van der Waals surface area contributed by atoms with Gasteiger partial charge in [-0.1, -0.05) is 182 Å². The van der Waals surface area contributed by atoms with Gasteiger partial charge in [0.25, 0.3) is 0 Å². The van der Waals surface area contributed by atoms with Crippen molar-refractivity contribution in [2.45, 2.75) is 0 Å². The van der Waals surface area contributed by atoms with Crippen molar-refractivity contribution in [2.24, 2.45) is 0 Å². The first-order chi connectivity index (χ1) is 28.8. The zero-order chi connectivity index (χ0) is 38.4. The molecule has 11 rings (SSSR count). The van der Waals surface area contributed by atoms with Crippen LogP contribution in [-0.2, 0) is 0 Å².